The highest BCUT2D eigenvalue weighted by Crippen LogP contribution is 2.15. The first-order valence-electron chi connectivity index (χ1n) is 7.98. The maximum Gasteiger partial charge on any atom is 0.312 e. The van der Waals surface area contributed by atoms with Gasteiger partial charge in [-0.15, -0.1) is 0 Å². The van der Waals surface area contributed by atoms with Gasteiger partial charge in [-0.1, -0.05) is 0 Å². The molecule has 2 amide bonds. The lowest BCUT2D eigenvalue weighted by Gasteiger charge is -2.23. The summed E-state index contributed by atoms with van der Waals surface area (Å²) in [5, 5.41) is 2.29. The molecule has 0 saturated heterocycles. The number of amides is 2. The fourth-order valence-corrected chi connectivity index (χ4v) is 2.18. The van der Waals surface area contributed by atoms with E-state index in [4.69, 9.17) is 15.2 Å². The lowest BCUT2D eigenvalue weighted by molar-refractivity contribution is -0.156. The molecule has 0 heterocycles. The zero-order chi connectivity index (χ0) is 19.7. The zero-order valence-electron chi connectivity index (χ0n) is 14.5. The van der Waals surface area contributed by atoms with Gasteiger partial charge < -0.3 is 20.5 Å². The number of carbonyl (C=O) groups excluding carboxylic acids is 4. The molecule has 0 aliphatic carbocycles. The third kappa shape index (κ3) is 6.15. The van der Waals surface area contributed by atoms with E-state index in [0.29, 0.717) is 0 Å². The van der Waals surface area contributed by atoms with Gasteiger partial charge >= 0.3 is 11.9 Å². The van der Waals surface area contributed by atoms with Gasteiger partial charge in [0, 0.05) is 5.56 Å². The topological polar surface area (TPSA) is 125 Å². The Morgan fingerprint density at radius 3 is 2.15 bits per heavy atom. The molecule has 1 aromatic rings. The summed E-state index contributed by atoms with van der Waals surface area (Å²) in [4.78, 5) is 48.0. The Balaban J connectivity index is 3.03. The predicted octanol–water partition coefficient (Wildman–Crippen LogP) is 0.542. The maximum absolute atomic E-state index is 13.0. The molecule has 3 N–H and O–H groups in total. The number of hydrogen-bond acceptors (Lipinski definition) is 6. The van der Waals surface area contributed by atoms with E-state index in [1.807, 2.05) is 0 Å². The lowest BCUT2D eigenvalue weighted by Crippen LogP contribution is -2.52. The SMILES string of the molecule is CCOC(=O)C[C@H](C(=O)OCC)[C@H](NC(=O)c1ccc(F)cc1)C(N)=O. The minimum Gasteiger partial charge on any atom is -0.466 e. The van der Waals surface area contributed by atoms with Crippen LogP contribution in [0.5, 0.6) is 0 Å². The quantitative estimate of drug-likeness (QED) is 0.613. The van der Waals surface area contributed by atoms with Crippen LogP contribution in [0.1, 0.15) is 30.6 Å². The summed E-state index contributed by atoms with van der Waals surface area (Å²) in [6, 6.07) is 3.03. The second-order valence-electron chi connectivity index (χ2n) is 5.23. The number of rotatable bonds is 9. The van der Waals surface area contributed by atoms with Gasteiger partial charge in [-0.05, 0) is 38.1 Å². The number of halogens is 1. The molecule has 0 radical (unpaired) electrons. The Labute approximate surface area is 149 Å². The summed E-state index contributed by atoms with van der Waals surface area (Å²) in [5.74, 6) is -5.29. The summed E-state index contributed by atoms with van der Waals surface area (Å²) >= 11 is 0. The number of ether oxygens (including phenoxy) is 2. The van der Waals surface area contributed by atoms with Crippen molar-refractivity contribution < 1.29 is 33.0 Å². The molecule has 0 bridgehead atoms. The third-order valence-electron chi connectivity index (χ3n) is 3.38. The first kappa shape index (κ1) is 21.1. The average molecular weight is 368 g/mol. The Bertz CT molecular complexity index is 662. The molecule has 8 nitrogen and oxygen atoms in total. The monoisotopic (exact) mass is 368 g/mol. The van der Waals surface area contributed by atoms with Crippen molar-refractivity contribution in [1.82, 2.24) is 5.32 Å². The highest BCUT2D eigenvalue weighted by atomic mass is 19.1. The summed E-state index contributed by atoms with van der Waals surface area (Å²) in [6.45, 7) is 3.22. The van der Waals surface area contributed by atoms with Crippen molar-refractivity contribution in [2.45, 2.75) is 26.3 Å². The molecular weight excluding hydrogens is 347 g/mol. The Morgan fingerprint density at radius 1 is 1.08 bits per heavy atom. The van der Waals surface area contributed by atoms with E-state index in [9.17, 15) is 23.6 Å². The van der Waals surface area contributed by atoms with Crippen LogP contribution in [0.2, 0.25) is 0 Å². The van der Waals surface area contributed by atoms with Crippen LogP contribution in [0.3, 0.4) is 0 Å². The Hall–Kier alpha value is -2.97. The van der Waals surface area contributed by atoms with Crippen LogP contribution in [0.4, 0.5) is 4.39 Å². The highest BCUT2D eigenvalue weighted by molar-refractivity contribution is 5.99. The molecule has 2 atom stereocenters. The van der Waals surface area contributed by atoms with Crippen molar-refractivity contribution in [2.24, 2.45) is 11.7 Å². The molecule has 26 heavy (non-hydrogen) atoms. The number of esters is 2. The molecule has 1 aromatic carbocycles. The zero-order valence-corrected chi connectivity index (χ0v) is 14.5. The molecule has 0 spiro atoms. The summed E-state index contributed by atoms with van der Waals surface area (Å²) in [5.41, 5.74) is 5.35. The van der Waals surface area contributed by atoms with E-state index in [1.54, 1.807) is 13.8 Å². The van der Waals surface area contributed by atoms with Crippen LogP contribution in [0.25, 0.3) is 0 Å². The van der Waals surface area contributed by atoms with Gasteiger partial charge in [0.15, 0.2) is 0 Å². The number of carbonyl (C=O) groups is 4. The number of primary amides is 1. The van der Waals surface area contributed by atoms with Crippen LogP contribution >= 0.6 is 0 Å². The fraction of sp³-hybridized carbons (Fsp3) is 0.412. The van der Waals surface area contributed by atoms with E-state index in [-0.39, 0.29) is 18.8 Å². The highest BCUT2D eigenvalue weighted by Gasteiger charge is 2.37. The Morgan fingerprint density at radius 2 is 1.65 bits per heavy atom. The number of nitrogens with one attached hydrogen (secondary N) is 1. The largest absolute Gasteiger partial charge is 0.466 e. The molecule has 1 rings (SSSR count). The standard InChI is InChI=1S/C17H21FN2O6/c1-3-25-13(21)9-12(17(24)26-4-2)14(15(19)22)20-16(23)10-5-7-11(18)8-6-10/h5-8,12,14H,3-4,9H2,1-2H3,(H2,19,22)(H,20,23)/t12-,14-/m0/s1. The van der Waals surface area contributed by atoms with Gasteiger partial charge in [-0.3, -0.25) is 19.2 Å². The van der Waals surface area contributed by atoms with Crippen molar-refractivity contribution in [2.75, 3.05) is 13.2 Å². The van der Waals surface area contributed by atoms with Crippen molar-refractivity contribution in [3.63, 3.8) is 0 Å². The molecule has 0 unspecified atom stereocenters. The van der Waals surface area contributed by atoms with E-state index in [1.165, 1.54) is 12.1 Å². The van der Waals surface area contributed by atoms with E-state index < -0.39 is 48.0 Å². The van der Waals surface area contributed by atoms with Crippen molar-refractivity contribution in [3.05, 3.63) is 35.6 Å². The van der Waals surface area contributed by atoms with Crippen LogP contribution in [0.15, 0.2) is 24.3 Å². The van der Waals surface area contributed by atoms with Crippen molar-refractivity contribution >= 4 is 23.8 Å². The molecule has 9 heteroatoms. The van der Waals surface area contributed by atoms with Gasteiger partial charge in [0.1, 0.15) is 11.9 Å². The second kappa shape index (κ2) is 10.1. The van der Waals surface area contributed by atoms with Crippen molar-refractivity contribution in [3.8, 4) is 0 Å². The fourth-order valence-electron chi connectivity index (χ4n) is 2.18. The second-order valence-corrected chi connectivity index (χ2v) is 5.23. The third-order valence-corrected chi connectivity index (χ3v) is 3.38. The van der Waals surface area contributed by atoms with Crippen molar-refractivity contribution in [1.29, 1.82) is 0 Å². The number of nitrogens with two attached hydrogens (primary N) is 1. The molecule has 0 aliphatic rings. The van der Waals surface area contributed by atoms with Gasteiger partial charge in [0.2, 0.25) is 5.91 Å². The van der Waals surface area contributed by atoms with Gasteiger partial charge in [0.05, 0.1) is 25.6 Å². The van der Waals surface area contributed by atoms with Crippen LogP contribution in [-0.2, 0) is 23.9 Å². The minimum atomic E-state index is -1.50. The number of hydrogen-bond donors (Lipinski definition) is 2. The molecule has 0 saturated carbocycles. The summed E-state index contributed by atoms with van der Waals surface area (Å²) in [7, 11) is 0. The average Bonchev–Trinajstić information content (AvgIpc) is 2.58. The summed E-state index contributed by atoms with van der Waals surface area (Å²) in [6.07, 6.45) is -0.496. The van der Waals surface area contributed by atoms with Gasteiger partial charge in [-0.25, -0.2) is 4.39 Å². The molecular formula is C17H21FN2O6. The molecule has 0 aromatic heterocycles. The lowest BCUT2D eigenvalue weighted by atomic mass is 9.95. The normalized spacial score (nSPS) is 12.6. The van der Waals surface area contributed by atoms with E-state index in [2.05, 4.69) is 5.32 Å². The summed E-state index contributed by atoms with van der Waals surface area (Å²) < 4.78 is 22.6. The van der Waals surface area contributed by atoms with Crippen LogP contribution < -0.4 is 11.1 Å². The predicted molar refractivity (Wildman–Crippen MR) is 88.2 cm³/mol. The molecule has 0 aliphatic heterocycles. The maximum atomic E-state index is 13.0. The van der Waals surface area contributed by atoms with Crippen LogP contribution in [-0.4, -0.2) is 43.0 Å². The van der Waals surface area contributed by atoms with E-state index >= 15 is 0 Å². The Kier molecular flexibility index (Phi) is 8.20. The first-order chi connectivity index (χ1) is 12.3. The smallest absolute Gasteiger partial charge is 0.312 e. The number of benzene rings is 1. The van der Waals surface area contributed by atoms with E-state index in [0.717, 1.165) is 12.1 Å². The first-order valence-corrected chi connectivity index (χ1v) is 7.98. The van der Waals surface area contributed by atoms with Crippen LogP contribution in [0, 0.1) is 11.7 Å². The molecule has 142 valence electrons. The minimum absolute atomic E-state index is 0.00947. The molecule has 0 fully saturated rings. The van der Waals surface area contributed by atoms with Gasteiger partial charge in [-0.2, -0.15) is 0 Å². The van der Waals surface area contributed by atoms with Gasteiger partial charge in [0.25, 0.3) is 5.91 Å².